The van der Waals surface area contributed by atoms with Crippen LogP contribution < -0.4 is 34.0 Å². The van der Waals surface area contributed by atoms with Crippen LogP contribution in [-0.2, 0) is 28.4 Å². The molecule has 3 saturated heterocycles. The van der Waals surface area contributed by atoms with Crippen molar-refractivity contribution in [2.75, 3.05) is 26.3 Å². The Hall–Kier alpha value is -0.760. The summed E-state index contributed by atoms with van der Waals surface area (Å²) in [6.45, 7) is -0.772. The summed E-state index contributed by atoms with van der Waals surface area (Å²) in [6, 6.07) is -4.09. The SMILES string of the molecule is NC[C@@H]1C[C@@H](O)[C@@H](N)[C@@H](O[C@H]2[C@H](O[C@@H]3OC4(CC4O)C(O[C@H]4O[C@@H](CN)[C@@H](O)CCC[C@H]4N)[C@H]3O)[C@@H](O)[C@H](NC(CO)CO)C[C@@H]2N)O1. The Kier molecular flexibility index (Phi) is 13.0. The molecule has 18 atom stereocenters. The second-order valence-corrected chi connectivity index (χ2v) is 13.8. The topological polar surface area (TPSA) is 339 Å². The predicted octanol–water partition coefficient (Wildman–Crippen LogP) is -6.93. The van der Waals surface area contributed by atoms with Crippen molar-refractivity contribution in [3.8, 4) is 0 Å². The molecule has 280 valence electrons. The lowest BCUT2D eigenvalue weighted by Crippen LogP contribution is -2.68. The van der Waals surface area contributed by atoms with Gasteiger partial charge in [0.25, 0.3) is 0 Å². The molecule has 3 unspecified atom stereocenters. The van der Waals surface area contributed by atoms with Crippen molar-refractivity contribution in [3.63, 3.8) is 0 Å². The first-order valence-electron chi connectivity index (χ1n) is 16.9. The molecular formula is C29H56N6O13. The van der Waals surface area contributed by atoms with Gasteiger partial charge < -0.3 is 98.2 Å². The standard InChI is InChI=1S/C29H56N6O13/c30-7-12-4-17(39)20(34)27(43-12)45-23-14(33)5-15(35-11(9-36)10-37)21(41)24(23)46-28-22(42)25(29(48-28)6-19(29)40)47-26-13(32)2-1-3-16(38)18(8-31)44-26/h11-28,35-42H,1-10,30-34H2/t12-,13+,14-,15+,16-,17+,18-,19?,20+,21-,22+,23+,24+,25?,26+,27+,28+,29?/m0/s1. The van der Waals surface area contributed by atoms with E-state index in [0.29, 0.717) is 19.3 Å². The molecule has 2 aliphatic carbocycles. The highest BCUT2D eigenvalue weighted by atomic mass is 16.8. The highest BCUT2D eigenvalue weighted by molar-refractivity contribution is 5.18. The maximum Gasteiger partial charge on any atom is 0.187 e. The van der Waals surface area contributed by atoms with Crippen LogP contribution in [0.3, 0.4) is 0 Å². The Morgan fingerprint density at radius 1 is 0.771 bits per heavy atom. The first kappa shape index (κ1) is 38.5. The summed E-state index contributed by atoms with van der Waals surface area (Å²) < 4.78 is 36.7. The maximum absolute atomic E-state index is 11.6. The summed E-state index contributed by atoms with van der Waals surface area (Å²) in [5.41, 5.74) is 29.4. The largest absolute Gasteiger partial charge is 0.395 e. The Bertz CT molecular complexity index is 1020. The molecule has 2 saturated carbocycles. The Balaban J connectivity index is 1.38. The average Bonchev–Trinajstić information content (AvgIpc) is 3.64. The summed E-state index contributed by atoms with van der Waals surface area (Å²) in [5.74, 6) is 0. The van der Waals surface area contributed by atoms with E-state index in [9.17, 15) is 35.7 Å². The smallest absolute Gasteiger partial charge is 0.187 e. The van der Waals surface area contributed by atoms with E-state index < -0.39 is 129 Å². The van der Waals surface area contributed by atoms with Crippen LogP contribution in [0.4, 0.5) is 0 Å². The van der Waals surface area contributed by atoms with E-state index in [1.165, 1.54) is 0 Å². The van der Waals surface area contributed by atoms with Crippen LogP contribution in [0.1, 0.15) is 38.5 Å². The van der Waals surface area contributed by atoms with Crippen molar-refractivity contribution in [1.82, 2.24) is 5.32 Å². The third kappa shape index (κ3) is 7.99. The van der Waals surface area contributed by atoms with Crippen molar-refractivity contribution >= 4 is 0 Å². The number of nitrogens with two attached hydrogens (primary N) is 5. The van der Waals surface area contributed by atoms with Crippen LogP contribution in [0.2, 0.25) is 0 Å². The molecule has 19 nitrogen and oxygen atoms in total. The molecule has 5 fully saturated rings. The minimum Gasteiger partial charge on any atom is -0.395 e. The zero-order valence-corrected chi connectivity index (χ0v) is 26.9. The maximum atomic E-state index is 11.6. The summed E-state index contributed by atoms with van der Waals surface area (Å²) >= 11 is 0. The van der Waals surface area contributed by atoms with E-state index in [1.807, 2.05) is 0 Å². The van der Waals surface area contributed by atoms with Crippen LogP contribution in [0.15, 0.2) is 0 Å². The van der Waals surface area contributed by atoms with E-state index in [0.717, 1.165) is 0 Å². The average molecular weight is 697 g/mol. The number of aliphatic hydroxyl groups excluding tert-OH is 7. The van der Waals surface area contributed by atoms with Gasteiger partial charge in [0.05, 0.1) is 68.0 Å². The van der Waals surface area contributed by atoms with Crippen LogP contribution in [0.25, 0.3) is 0 Å². The van der Waals surface area contributed by atoms with E-state index in [2.05, 4.69) is 5.32 Å². The molecule has 5 rings (SSSR count). The van der Waals surface area contributed by atoms with Crippen molar-refractivity contribution in [3.05, 3.63) is 0 Å². The molecule has 48 heavy (non-hydrogen) atoms. The van der Waals surface area contributed by atoms with Gasteiger partial charge in [-0.3, -0.25) is 0 Å². The lowest BCUT2D eigenvalue weighted by Gasteiger charge is -2.47. The van der Waals surface area contributed by atoms with Crippen molar-refractivity contribution in [2.45, 2.75) is 154 Å². The van der Waals surface area contributed by atoms with Crippen LogP contribution >= 0.6 is 0 Å². The fraction of sp³-hybridized carbons (Fsp3) is 1.00. The zero-order chi connectivity index (χ0) is 34.9. The molecule has 0 radical (unpaired) electrons. The number of hydrogen-bond acceptors (Lipinski definition) is 19. The van der Waals surface area contributed by atoms with Crippen molar-refractivity contribution in [1.29, 1.82) is 0 Å². The zero-order valence-electron chi connectivity index (χ0n) is 26.9. The Labute approximate surface area is 278 Å². The first-order valence-corrected chi connectivity index (χ1v) is 16.9. The lowest BCUT2D eigenvalue weighted by molar-refractivity contribution is -0.296. The normalized spacial score (nSPS) is 50.1. The van der Waals surface area contributed by atoms with E-state index in [-0.39, 0.29) is 32.4 Å². The van der Waals surface area contributed by atoms with Gasteiger partial charge in [-0.05, 0) is 25.7 Å². The van der Waals surface area contributed by atoms with Gasteiger partial charge in [-0.25, -0.2) is 0 Å². The first-order chi connectivity index (χ1) is 22.9. The van der Waals surface area contributed by atoms with E-state index in [1.54, 1.807) is 0 Å². The number of hydrogen-bond donors (Lipinski definition) is 13. The number of aliphatic hydroxyl groups is 7. The number of rotatable bonds is 12. The molecule has 3 heterocycles. The van der Waals surface area contributed by atoms with Crippen molar-refractivity contribution in [2.24, 2.45) is 28.7 Å². The summed E-state index contributed by atoms with van der Waals surface area (Å²) in [4.78, 5) is 0. The number of ether oxygens (including phenoxy) is 6. The minimum absolute atomic E-state index is 0.00176. The third-order valence-electron chi connectivity index (χ3n) is 10.3. The molecule has 0 amide bonds. The minimum atomic E-state index is -1.54. The molecule has 18 N–H and O–H groups in total. The van der Waals surface area contributed by atoms with Crippen LogP contribution in [0.5, 0.6) is 0 Å². The molecule has 0 aromatic heterocycles. The molecule has 0 aromatic rings. The third-order valence-corrected chi connectivity index (χ3v) is 10.3. The number of nitrogens with one attached hydrogen (secondary N) is 1. The van der Waals surface area contributed by atoms with Gasteiger partial charge in [0.2, 0.25) is 0 Å². The van der Waals surface area contributed by atoms with Crippen LogP contribution in [-0.4, -0.2) is 178 Å². The quantitative estimate of drug-likeness (QED) is 0.0901. The second kappa shape index (κ2) is 16.3. The Morgan fingerprint density at radius 2 is 1.46 bits per heavy atom. The molecule has 0 aromatic carbocycles. The van der Waals surface area contributed by atoms with Gasteiger partial charge in [0, 0.05) is 38.0 Å². The second-order valence-electron chi connectivity index (χ2n) is 13.8. The lowest BCUT2D eigenvalue weighted by atomic mass is 9.83. The Morgan fingerprint density at radius 3 is 2.08 bits per heavy atom. The highest BCUT2D eigenvalue weighted by Gasteiger charge is 2.71. The predicted molar refractivity (Wildman–Crippen MR) is 164 cm³/mol. The van der Waals surface area contributed by atoms with E-state index in [4.69, 9.17) is 57.1 Å². The highest BCUT2D eigenvalue weighted by Crippen LogP contribution is 2.52. The van der Waals surface area contributed by atoms with Gasteiger partial charge >= 0.3 is 0 Å². The van der Waals surface area contributed by atoms with Gasteiger partial charge in [0.15, 0.2) is 18.9 Å². The molecule has 5 aliphatic rings. The fourth-order valence-electron chi connectivity index (χ4n) is 7.23. The van der Waals surface area contributed by atoms with E-state index >= 15 is 0 Å². The molecule has 1 spiro atoms. The van der Waals surface area contributed by atoms with Gasteiger partial charge in [-0.1, -0.05) is 0 Å². The van der Waals surface area contributed by atoms with Gasteiger partial charge in [-0.15, -0.1) is 0 Å². The molecular weight excluding hydrogens is 640 g/mol. The van der Waals surface area contributed by atoms with Gasteiger partial charge in [0.1, 0.15) is 30.0 Å². The van der Waals surface area contributed by atoms with Crippen LogP contribution in [0, 0.1) is 0 Å². The monoisotopic (exact) mass is 696 g/mol. The van der Waals surface area contributed by atoms with Crippen molar-refractivity contribution < 1.29 is 64.2 Å². The van der Waals surface area contributed by atoms with Gasteiger partial charge in [-0.2, -0.15) is 0 Å². The fourth-order valence-corrected chi connectivity index (χ4v) is 7.23. The summed E-state index contributed by atoms with van der Waals surface area (Å²) in [6.07, 6.45) is -12.7. The summed E-state index contributed by atoms with van der Waals surface area (Å²) in [5, 5.41) is 77.3. The molecule has 0 bridgehead atoms. The molecule has 3 aliphatic heterocycles. The summed E-state index contributed by atoms with van der Waals surface area (Å²) in [7, 11) is 0. The molecule has 19 heteroatoms.